The summed E-state index contributed by atoms with van der Waals surface area (Å²) >= 11 is 0. The van der Waals surface area contributed by atoms with Crippen molar-refractivity contribution in [2.24, 2.45) is 4.99 Å². The Bertz CT molecular complexity index is 858. The Kier molecular flexibility index (Phi) is 11.7. The highest BCUT2D eigenvalue weighted by molar-refractivity contribution is 14.0. The number of guanidine groups is 1. The zero-order chi connectivity index (χ0) is 20.2. The summed E-state index contributed by atoms with van der Waals surface area (Å²) < 4.78 is 30.0. The van der Waals surface area contributed by atoms with E-state index >= 15 is 0 Å². The first-order chi connectivity index (χ1) is 13.6. The van der Waals surface area contributed by atoms with E-state index in [1.165, 1.54) is 0 Å². The predicted octanol–water partition coefficient (Wildman–Crippen LogP) is 3.27. The molecule has 0 aliphatic carbocycles. The molecule has 2 rings (SSSR count). The quantitative estimate of drug-likeness (QED) is 0.213. The second-order valence-corrected chi connectivity index (χ2v) is 8.34. The number of para-hydroxylation sites is 1. The van der Waals surface area contributed by atoms with Crippen LogP contribution < -0.4 is 15.4 Å². The summed E-state index contributed by atoms with van der Waals surface area (Å²) in [6, 6.07) is 16.5. The lowest BCUT2D eigenvalue weighted by atomic mass is 10.1. The van der Waals surface area contributed by atoms with E-state index in [1.807, 2.05) is 37.3 Å². The zero-order valence-electron chi connectivity index (χ0n) is 16.9. The fourth-order valence-electron chi connectivity index (χ4n) is 2.76. The highest BCUT2D eigenvalue weighted by Gasteiger charge is 2.12. The Hall–Kier alpha value is -1.81. The summed E-state index contributed by atoms with van der Waals surface area (Å²) in [6.45, 7) is 3.88. The topological polar surface area (TPSA) is 79.8 Å². The van der Waals surface area contributed by atoms with E-state index in [2.05, 4.69) is 15.6 Å². The first-order valence-electron chi connectivity index (χ1n) is 9.48. The number of nitrogens with zero attached hydrogens (tertiary/aromatic N) is 1. The lowest BCUT2D eigenvalue weighted by Gasteiger charge is -2.12. The molecule has 0 unspecified atom stereocenters. The van der Waals surface area contributed by atoms with Crippen molar-refractivity contribution in [3.63, 3.8) is 0 Å². The van der Waals surface area contributed by atoms with Crippen LogP contribution in [0.15, 0.2) is 64.5 Å². The molecule has 0 aliphatic rings. The van der Waals surface area contributed by atoms with Gasteiger partial charge in [0.25, 0.3) is 0 Å². The molecule has 160 valence electrons. The van der Waals surface area contributed by atoms with Gasteiger partial charge >= 0.3 is 0 Å². The highest BCUT2D eigenvalue weighted by atomic mass is 127. The molecule has 0 bridgehead atoms. The number of nitrogens with one attached hydrogen (secondary N) is 2. The molecule has 0 radical (unpaired) electrons. The Balaban J connectivity index is 0.00000420. The molecule has 0 spiro atoms. The van der Waals surface area contributed by atoms with Crippen molar-refractivity contribution in [3.8, 4) is 5.75 Å². The summed E-state index contributed by atoms with van der Waals surface area (Å²) in [7, 11) is -1.59. The predicted molar refractivity (Wildman–Crippen MR) is 129 cm³/mol. The van der Waals surface area contributed by atoms with Crippen molar-refractivity contribution in [3.05, 3.63) is 60.2 Å². The van der Waals surface area contributed by atoms with Crippen LogP contribution in [0.2, 0.25) is 0 Å². The first kappa shape index (κ1) is 25.2. The Labute approximate surface area is 191 Å². The molecule has 2 aromatic rings. The minimum atomic E-state index is -3.26. The molecular weight excluding hydrogens is 501 g/mol. The molecule has 8 heteroatoms. The molecule has 0 heterocycles. The zero-order valence-corrected chi connectivity index (χ0v) is 20.1. The maximum atomic E-state index is 12.3. The number of hydrogen-bond donors (Lipinski definition) is 2. The molecule has 0 atom stereocenters. The van der Waals surface area contributed by atoms with Crippen LogP contribution in [0.3, 0.4) is 0 Å². The molecular formula is C21H30IN3O3S. The Morgan fingerprint density at radius 2 is 1.72 bits per heavy atom. The highest BCUT2D eigenvalue weighted by Crippen LogP contribution is 2.17. The van der Waals surface area contributed by atoms with E-state index < -0.39 is 9.84 Å². The number of sulfone groups is 1. The van der Waals surface area contributed by atoms with Crippen LogP contribution in [-0.4, -0.2) is 46.9 Å². The van der Waals surface area contributed by atoms with Crippen molar-refractivity contribution >= 4 is 39.8 Å². The molecule has 6 nitrogen and oxygen atoms in total. The minimum absolute atomic E-state index is 0. The third kappa shape index (κ3) is 8.61. The molecule has 0 fully saturated rings. The van der Waals surface area contributed by atoms with Gasteiger partial charge in [0.05, 0.1) is 17.8 Å². The SMILES string of the molecule is CCNC(=NCCCS(=O)(=O)c1ccccc1)NCCc1ccccc1OC.I. The fraction of sp³-hybridized carbons (Fsp3) is 0.381. The fourth-order valence-corrected chi connectivity index (χ4v) is 4.07. The summed E-state index contributed by atoms with van der Waals surface area (Å²) in [5.74, 6) is 1.65. The number of benzene rings is 2. The second-order valence-electron chi connectivity index (χ2n) is 6.23. The maximum Gasteiger partial charge on any atom is 0.191 e. The smallest absolute Gasteiger partial charge is 0.191 e. The maximum absolute atomic E-state index is 12.3. The van der Waals surface area contributed by atoms with Gasteiger partial charge in [0.15, 0.2) is 15.8 Å². The van der Waals surface area contributed by atoms with Crippen molar-refractivity contribution in [1.29, 1.82) is 0 Å². The summed E-state index contributed by atoms with van der Waals surface area (Å²) in [5, 5.41) is 6.47. The Morgan fingerprint density at radius 3 is 2.41 bits per heavy atom. The van der Waals surface area contributed by atoms with Crippen molar-refractivity contribution in [1.82, 2.24) is 10.6 Å². The molecule has 0 saturated heterocycles. The molecule has 0 aliphatic heterocycles. The molecule has 2 aromatic carbocycles. The van der Waals surface area contributed by atoms with Gasteiger partial charge in [-0.3, -0.25) is 4.99 Å². The number of rotatable bonds is 10. The van der Waals surface area contributed by atoms with E-state index in [0.29, 0.717) is 30.4 Å². The third-order valence-electron chi connectivity index (χ3n) is 4.17. The number of hydrogen-bond acceptors (Lipinski definition) is 4. The molecule has 0 amide bonds. The molecule has 0 saturated carbocycles. The molecule has 29 heavy (non-hydrogen) atoms. The monoisotopic (exact) mass is 531 g/mol. The largest absolute Gasteiger partial charge is 0.496 e. The Morgan fingerprint density at radius 1 is 1.03 bits per heavy atom. The van der Waals surface area contributed by atoms with Gasteiger partial charge in [0.2, 0.25) is 0 Å². The van der Waals surface area contributed by atoms with E-state index in [4.69, 9.17) is 4.74 Å². The van der Waals surface area contributed by atoms with E-state index in [0.717, 1.165) is 24.3 Å². The van der Waals surface area contributed by atoms with Crippen molar-refractivity contribution in [2.75, 3.05) is 32.5 Å². The second kappa shape index (κ2) is 13.4. The van der Waals surface area contributed by atoms with Crippen LogP contribution in [0, 0.1) is 0 Å². The van der Waals surface area contributed by atoms with Crippen molar-refractivity contribution in [2.45, 2.75) is 24.7 Å². The van der Waals surface area contributed by atoms with Crippen LogP contribution in [0.4, 0.5) is 0 Å². The van der Waals surface area contributed by atoms with Gasteiger partial charge in [-0.05, 0) is 43.5 Å². The van der Waals surface area contributed by atoms with Crippen LogP contribution in [-0.2, 0) is 16.3 Å². The van der Waals surface area contributed by atoms with Gasteiger partial charge in [-0.2, -0.15) is 0 Å². The summed E-state index contributed by atoms with van der Waals surface area (Å²) in [4.78, 5) is 4.84. The van der Waals surface area contributed by atoms with Crippen LogP contribution >= 0.6 is 24.0 Å². The lowest BCUT2D eigenvalue weighted by Crippen LogP contribution is -2.38. The minimum Gasteiger partial charge on any atom is -0.496 e. The first-order valence-corrected chi connectivity index (χ1v) is 11.1. The lowest BCUT2D eigenvalue weighted by molar-refractivity contribution is 0.409. The van der Waals surface area contributed by atoms with Crippen LogP contribution in [0.5, 0.6) is 5.75 Å². The number of methoxy groups -OCH3 is 1. The average Bonchev–Trinajstić information content (AvgIpc) is 2.72. The normalized spacial score (nSPS) is 11.4. The van der Waals surface area contributed by atoms with Gasteiger partial charge < -0.3 is 15.4 Å². The van der Waals surface area contributed by atoms with Crippen LogP contribution in [0.1, 0.15) is 18.9 Å². The number of ether oxygens (including phenoxy) is 1. The number of aliphatic imine (C=N–C) groups is 1. The van der Waals surface area contributed by atoms with Gasteiger partial charge in [-0.25, -0.2) is 8.42 Å². The standard InChI is InChI=1S/C21H29N3O3S.HI/c1-3-22-21(24-16-14-18-10-7-8-13-20(18)27-2)23-15-9-17-28(25,26)19-11-5-4-6-12-19;/h4-8,10-13H,3,9,14-17H2,1-2H3,(H2,22,23,24);1H. The third-order valence-corrected chi connectivity index (χ3v) is 5.98. The molecule has 2 N–H and O–H groups in total. The van der Waals surface area contributed by atoms with Gasteiger partial charge in [-0.15, -0.1) is 24.0 Å². The average molecular weight is 531 g/mol. The summed E-state index contributed by atoms with van der Waals surface area (Å²) in [6.07, 6.45) is 1.27. The van der Waals surface area contributed by atoms with Crippen molar-refractivity contribution < 1.29 is 13.2 Å². The summed E-state index contributed by atoms with van der Waals surface area (Å²) in [5.41, 5.74) is 1.13. The van der Waals surface area contributed by atoms with E-state index in [1.54, 1.807) is 31.4 Å². The molecule has 0 aromatic heterocycles. The van der Waals surface area contributed by atoms with E-state index in [9.17, 15) is 8.42 Å². The van der Waals surface area contributed by atoms with Gasteiger partial charge in [-0.1, -0.05) is 36.4 Å². The number of halogens is 1. The van der Waals surface area contributed by atoms with E-state index in [-0.39, 0.29) is 29.7 Å². The van der Waals surface area contributed by atoms with Gasteiger partial charge in [0.1, 0.15) is 5.75 Å². The van der Waals surface area contributed by atoms with Gasteiger partial charge in [0, 0.05) is 19.6 Å². The van der Waals surface area contributed by atoms with Crippen LogP contribution in [0.25, 0.3) is 0 Å².